The summed E-state index contributed by atoms with van der Waals surface area (Å²) < 4.78 is 0. The van der Waals surface area contributed by atoms with Crippen molar-refractivity contribution in [2.45, 2.75) is 6.92 Å². The molecule has 1 aliphatic carbocycles. The van der Waals surface area contributed by atoms with Gasteiger partial charge in [-0.25, -0.2) is 0 Å². The maximum atomic E-state index is 13.0. The van der Waals surface area contributed by atoms with Crippen molar-refractivity contribution in [2.75, 3.05) is 0 Å². The Kier molecular flexibility index (Phi) is 4.05. The van der Waals surface area contributed by atoms with Crippen LogP contribution in [0.2, 0.25) is 0 Å². The molecule has 0 heterocycles. The van der Waals surface area contributed by atoms with Gasteiger partial charge < -0.3 is 0 Å². The molecule has 3 nitrogen and oxygen atoms in total. The number of Topliss-reactive ketones (excluding diaryl/α,β-unsaturated/α-hetero) is 2. The zero-order valence-corrected chi connectivity index (χ0v) is 14.3. The summed E-state index contributed by atoms with van der Waals surface area (Å²) >= 11 is 0. The van der Waals surface area contributed by atoms with Crippen LogP contribution in [-0.2, 0) is 0 Å². The maximum absolute atomic E-state index is 13.0. The molecule has 0 aromatic heterocycles. The van der Waals surface area contributed by atoms with Crippen LogP contribution in [-0.4, -0.2) is 17.3 Å². The minimum Gasteiger partial charge on any atom is -0.293 e. The van der Waals surface area contributed by atoms with Crippen molar-refractivity contribution in [3.63, 3.8) is 0 Å². The summed E-state index contributed by atoms with van der Waals surface area (Å²) in [6.07, 6.45) is 0. The third-order valence-corrected chi connectivity index (χ3v) is 4.58. The zero-order valence-electron chi connectivity index (χ0n) is 14.3. The third-order valence-electron chi connectivity index (χ3n) is 4.58. The van der Waals surface area contributed by atoms with E-state index in [4.69, 9.17) is 4.99 Å². The van der Waals surface area contributed by atoms with Gasteiger partial charge in [0.05, 0.1) is 11.4 Å². The lowest BCUT2D eigenvalue weighted by Crippen LogP contribution is -2.26. The van der Waals surface area contributed by atoms with Crippen LogP contribution in [0.5, 0.6) is 0 Å². The quantitative estimate of drug-likeness (QED) is 0.508. The lowest BCUT2D eigenvalue weighted by Gasteiger charge is -2.12. The summed E-state index contributed by atoms with van der Waals surface area (Å²) in [7, 11) is 0. The first-order valence-electron chi connectivity index (χ1n) is 8.53. The zero-order chi connectivity index (χ0) is 18.1. The van der Waals surface area contributed by atoms with Crippen LogP contribution in [0.15, 0.2) is 83.9 Å². The number of fused-ring (bicyclic) bond motifs is 1. The predicted octanol–water partition coefficient (Wildman–Crippen LogP) is 4.81. The van der Waals surface area contributed by atoms with Crippen molar-refractivity contribution in [1.82, 2.24) is 0 Å². The fraction of sp³-hybridized carbons (Fsp3) is 0.0870. The standard InChI is InChI=1S/C23H17NO2/c1-15-8-7-11-17(14-15)24-21(16-9-3-2-4-10-16)20-22(25)18-12-5-6-13-19(18)23(20)26/h2-14,20H,1H3. The average molecular weight is 339 g/mol. The van der Waals surface area contributed by atoms with Gasteiger partial charge in [0.25, 0.3) is 0 Å². The molecule has 0 saturated carbocycles. The molecule has 26 heavy (non-hydrogen) atoms. The number of benzene rings is 3. The monoisotopic (exact) mass is 339 g/mol. The summed E-state index contributed by atoms with van der Waals surface area (Å²) in [5, 5.41) is 0. The van der Waals surface area contributed by atoms with E-state index in [1.165, 1.54) is 0 Å². The molecule has 4 rings (SSSR count). The Bertz CT molecular complexity index is 1000. The summed E-state index contributed by atoms with van der Waals surface area (Å²) in [5.41, 5.74) is 4.06. The van der Waals surface area contributed by atoms with Crippen molar-refractivity contribution in [3.8, 4) is 0 Å². The number of carbonyl (C=O) groups excluding carboxylic acids is 2. The molecule has 0 unspecified atom stereocenters. The Hall–Kier alpha value is -3.33. The van der Waals surface area contributed by atoms with E-state index in [2.05, 4.69) is 0 Å². The van der Waals surface area contributed by atoms with E-state index in [1.807, 2.05) is 61.5 Å². The molecule has 0 aliphatic heterocycles. The maximum Gasteiger partial charge on any atom is 0.180 e. The summed E-state index contributed by atoms with van der Waals surface area (Å²) in [6, 6.07) is 24.2. The molecule has 0 bridgehead atoms. The second kappa shape index (κ2) is 6.52. The van der Waals surface area contributed by atoms with Gasteiger partial charge in [0.15, 0.2) is 11.6 Å². The van der Waals surface area contributed by atoms with Crippen LogP contribution in [0.4, 0.5) is 5.69 Å². The molecule has 0 atom stereocenters. The minimum absolute atomic E-state index is 0.180. The number of hydrogen-bond acceptors (Lipinski definition) is 3. The van der Waals surface area contributed by atoms with Crippen LogP contribution in [0, 0.1) is 12.8 Å². The minimum atomic E-state index is -0.893. The van der Waals surface area contributed by atoms with Crippen LogP contribution < -0.4 is 0 Å². The Labute approximate surface area is 152 Å². The number of ketones is 2. The lowest BCUT2D eigenvalue weighted by molar-refractivity contribution is 0.0884. The van der Waals surface area contributed by atoms with E-state index in [0.717, 1.165) is 16.8 Å². The first-order valence-corrected chi connectivity index (χ1v) is 8.53. The van der Waals surface area contributed by atoms with E-state index in [1.54, 1.807) is 24.3 Å². The van der Waals surface area contributed by atoms with Gasteiger partial charge in [-0.3, -0.25) is 14.6 Å². The summed E-state index contributed by atoms with van der Waals surface area (Å²) in [4.78, 5) is 30.7. The molecule has 1 aliphatic rings. The van der Waals surface area contributed by atoms with E-state index in [0.29, 0.717) is 16.8 Å². The Morgan fingerprint density at radius 1 is 0.769 bits per heavy atom. The van der Waals surface area contributed by atoms with Gasteiger partial charge >= 0.3 is 0 Å². The van der Waals surface area contributed by atoms with Gasteiger partial charge in [0.1, 0.15) is 5.92 Å². The molecule has 0 spiro atoms. The fourth-order valence-electron chi connectivity index (χ4n) is 3.33. The molecule has 0 N–H and O–H groups in total. The summed E-state index contributed by atoms with van der Waals surface area (Å²) in [5.74, 6) is -1.25. The smallest absolute Gasteiger partial charge is 0.180 e. The number of aryl methyl sites for hydroxylation is 1. The van der Waals surface area contributed by atoms with E-state index >= 15 is 0 Å². The van der Waals surface area contributed by atoms with Gasteiger partial charge in [0, 0.05) is 11.1 Å². The van der Waals surface area contributed by atoms with Crippen LogP contribution >= 0.6 is 0 Å². The number of carbonyl (C=O) groups is 2. The highest BCUT2D eigenvalue weighted by molar-refractivity contribution is 6.39. The Balaban J connectivity index is 1.88. The molecular weight excluding hydrogens is 322 g/mol. The highest BCUT2D eigenvalue weighted by Gasteiger charge is 2.41. The molecule has 0 fully saturated rings. The van der Waals surface area contributed by atoms with Gasteiger partial charge in [-0.2, -0.15) is 0 Å². The molecule has 0 saturated heterocycles. The van der Waals surface area contributed by atoms with Crippen LogP contribution in [0.3, 0.4) is 0 Å². The van der Waals surface area contributed by atoms with Crippen molar-refractivity contribution in [2.24, 2.45) is 10.9 Å². The van der Waals surface area contributed by atoms with Gasteiger partial charge in [-0.05, 0) is 30.2 Å². The third kappa shape index (κ3) is 2.78. The molecule has 3 aromatic rings. The van der Waals surface area contributed by atoms with Crippen LogP contribution in [0.25, 0.3) is 0 Å². The van der Waals surface area contributed by atoms with E-state index in [9.17, 15) is 9.59 Å². The van der Waals surface area contributed by atoms with Crippen molar-refractivity contribution in [3.05, 3.63) is 101 Å². The Morgan fingerprint density at radius 2 is 1.38 bits per heavy atom. The number of aliphatic imine (C=N–C) groups is 1. The number of rotatable bonds is 3. The van der Waals surface area contributed by atoms with Gasteiger partial charge in [-0.15, -0.1) is 0 Å². The van der Waals surface area contributed by atoms with Crippen molar-refractivity contribution < 1.29 is 9.59 Å². The van der Waals surface area contributed by atoms with Crippen molar-refractivity contribution >= 4 is 23.0 Å². The second-order valence-corrected chi connectivity index (χ2v) is 6.41. The average Bonchev–Trinajstić information content (AvgIpc) is 2.92. The molecule has 0 radical (unpaired) electrons. The first kappa shape index (κ1) is 16.2. The van der Waals surface area contributed by atoms with E-state index in [-0.39, 0.29) is 11.6 Å². The molecule has 0 amide bonds. The molecule has 126 valence electrons. The number of nitrogens with zero attached hydrogens (tertiary/aromatic N) is 1. The van der Waals surface area contributed by atoms with Gasteiger partial charge in [-0.1, -0.05) is 66.7 Å². The highest BCUT2D eigenvalue weighted by Crippen LogP contribution is 2.31. The topological polar surface area (TPSA) is 46.5 Å². The molecule has 3 aromatic carbocycles. The highest BCUT2D eigenvalue weighted by atomic mass is 16.2. The largest absolute Gasteiger partial charge is 0.293 e. The molecule has 3 heteroatoms. The SMILES string of the molecule is Cc1cccc(N=C(c2ccccc2)C2C(=O)c3ccccc3C2=O)c1. The number of hydrogen-bond donors (Lipinski definition) is 0. The van der Waals surface area contributed by atoms with Crippen LogP contribution in [0.1, 0.15) is 31.8 Å². The van der Waals surface area contributed by atoms with Gasteiger partial charge in [0.2, 0.25) is 0 Å². The Morgan fingerprint density at radius 3 is 2.00 bits per heavy atom. The summed E-state index contributed by atoms with van der Waals surface area (Å²) in [6.45, 7) is 1.99. The molecular formula is C23H17NO2. The van der Waals surface area contributed by atoms with E-state index < -0.39 is 5.92 Å². The first-order chi connectivity index (χ1) is 12.6. The second-order valence-electron chi connectivity index (χ2n) is 6.41. The fourth-order valence-corrected chi connectivity index (χ4v) is 3.33. The predicted molar refractivity (Wildman–Crippen MR) is 102 cm³/mol. The van der Waals surface area contributed by atoms with Crippen molar-refractivity contribution in [1.29, 1.82) is 0 Å². The lowest BCUT2D eigenvalue weighted by atomic mass is 9.92. The normalized spacial score (nSPS) is 14.6.